The zero-order valence-electron chi connectivity index (χ0n) is 9.57. The molecule has 0 radical (unpaired) electrons. The average Bonchev–Trinajstić information content (AvgIpc) is 2.86. The van der Waals surface area contributed by atoms with Gasteiger partial charge in [-0.25, -0.2) is 4.68 Å². The summed E-state index contributed by atoms with van der Waals surface area (Å²) in [6.07, 6.45) is 6.51. The van der Waals surface area contributed by atoms with E-state index in [-0.39, 0.29) is 30.6 Å². The molecule has 17 heavy (non-hydrogen) atoms. The lowest BCUT2D eigenvalue weighted by Crippen LogP contribution is -2.49. The monoisotopic (exact) mass is 236 g/mol. The van der Waals surface area contributed by atoms with Crippen LogP contribution in [0.2, 0.25) is 0 Å². The minimum absolute atomic E-state index is 0.0925. The van der Waals surface area contributed by atoms with E-state index in [1.54, 1.807) is 17.1 Å². The molecular weight excluding hydrogens is 220 g/mol. The largest absolute Gasteiger partial charge is 0.393 e. The molecular formula is C11H16N4O2. The van der Waals surface area contributed by atoms with Gasteiger partial charge in [0.25, 0.3) is 0 Å². The molecule has 1 aromatic rings. The first-order valence-corrected chi connectivity index (χ1v) is 6.07. The molecule has 2 atom stereocenters. The predicted molar refractivity (Wildman–Crippen MR) is 58.9 cm³/mol. The van der Waals surface area contributed by atoms with Crippen LogP contribution in [0.15, 0.2) is 12.4 Å². The Hall–Kier alpha value is -1.43. The molecule has 1 N–H and O–H groups in total. The first kappa shape index (κ1) is 10.7. The lowest BCUT2D eigenvalue weighted by Gasteiger charge is -2.37. The fraction of sp³-hybridized carbons (Fsp3) is 0.727. The van der Waals surface area contributed by atoms with Gasteiger partial charge in [-0.3, -0.25) is 4.79 Å². The molecule has 1 aromatic heterocycles. The highest BCUT2D eigenvalue weighted by atomic mass is 16.3. The van der Waals surface area contributed by atoms with Gasteiger partial charge >= 0.3 is 0 Å². The van der Waals surface area contributed by atoms with Crippen molar-refractivity contribution in [2.45, 2.75) is 50.4 Å². The van der Waals surface area contributed by atoms with Gasteiger partial charge in [-0.15, -0.1) is 5.10 Å². The van der Waals surface area contributed by atoms with Crippen LogP contribution in [0.25, 0.3) is 0 Å². The van der Waals surface area contributed by atoms with E-state index in [0.29, 0.717) is 0 Å². The van der Waals surface area contributed by atoms with E-state index in [1.807, 2.05) is 4.90 Å². The summed E-state index contributed by atoms with van der Waals surface area (Å²) in [5, 5.41) is 17.2. The lowest BCUT2D eigenvalue weighted by atomic mass is 10.00. The number of hydrogen-bond donors (Lipinski definition) is 1. The lowest BCUT2D eigenvalue weighted by molar-refractivity contribution is -0.138. The molecule has 2 unspecified atom stereocenters. The van der Waals surface area contributed by atoms with Crippen molar-refractivity contribution in [2.24, 2.45) is 0 Å². The van der Waals surface area contributed by atoms with Crippen molar-refractivity contribution >= 4 is 5.91 Å². The van der Waals surface area contributed by atoms with Gasteiger partial charge in [0.15, 0.2) is 0 Å². The molecule has 2 aliphatic rings. The first-order valence-electron chi connectivity index (χ1n) is 6.07. The zero-order chi connectivity index (χ0) is 11.8. The molecule has 0 saturated carbocycles. The SMILES string of the molecule is O=C(Cn1ccnn1)N1C2CCC1CC(O)C2. The van der Waals surface area contributed by atoms with Crippen LogP contribution in [-0.4, -0.2) is 49.1 Å². The molecule has 3 heterocycles. The van der Waals surface area contributed by atoms with Gasteiger partial charge in [0, 0.05) is 18.3 Å². The van der Waals surface area contributed by atoms with Crippen LogP contribution >= 0.6 is 0 Å². The van der Waals surface area contributed by atoms with Crippen molar-refractivity contribution in [3.63, 3.8) is 0 Å². The number of fused-ring (bicyclic) bond motifs is 2. The van der Waals surface area contributed by atoms with Crippen LogP contribution in [0.4, 0.5) is 0 Å². The average molecular weight is 236 g/mol. The van der Waals surface area contributed by atoms with Crippen LogP contribution < -0.4 is 0 Å². The molecule has 0 aromatic carbocycles. The van der Waals surface area contributed by atoms with Crippen LogP contribution in [0, 0.1) is 0 Å². The normalized spacial score (nSPS) is 31.8. The number of aliphatic hydroxyl groups excluding tert-OH is 1. The van der Waals surface area contributed by atoms with Gasteiger partial charge < -0.3 is 10.0 Å². The molecule has 6 heteroatoms. The Bertz CT molecular complexity index is 392. The number of aliphatic hydroxyl groups is 1. The second-order valence-corrected chi connectivity index (χ2v) is 4.91. The number of carbonyl (C=O) groups is 1. The molecule has 2 saturated heterocycles. The van der Waals surface area contributed by atoms with Crippen LogP contribution in [0.5, 0.6) is 0 Å². The predicted octanol–water partition coefficient (Wildman–Crippen LogP) is -0.208. The van der Waals surface area contributed by atoms with E-state index in [4.69, 9.17) is 0 Å². The summed E-state index contributed by atoms with van der Waals surface area (Å²) in [5.41, 5.74) is 0. The second-order valence-electron chi connectivity index (χ2n) is 4.91. The summed E-state index contributed by atoms with van der Waals surface area (Å²) in [6.45, 7) is 0.253. The topological polar surface area (TPSA) is 71.2 Å². The standard InChI is InChI=1S/C11H16N4O2/c16-10-5-8-1-2-9(6-10)15(8)11(17)7-14-4-3-12-13-14/h3-4,8-10,16H,1-2,5-7H2. The summed E-state index contributed by atoms with van der Waals surface area (Å²) in [7, 11) is 0. The Labute approximate surface area is 99.2 Å². The number of carbonyl (C=O) groups excluding carboxylic acids is 1. The van der Waals surface area contributed by atoms with E-state index < -0.39 is 0 Å². The van der Waals surface area contributed by atoms with Crippen LogP contribution in [0.3, 0.4) is 0 Å². The fourth-order valence-electron chi connectivity index (χ4n) is 3.09. The zero-order valence-corrected chi connectivity index (χ0v) is 9.57. The number of piperidine rings is 1. The third-order valence-electron chi connectivity index (χ3n) is 3.77. The van der Waals surface area contributed by atoms with E-state index in [2.05, 4.69) is 10.3 Å². The number of hydrogen-bond acceptors (Lipinski definition) is 4. The number of nitrogens with zero attached hydrogens (tertiary/aromatic N) is 4. The summed E-state index contributed by atoms with van der Waals surface area (Å²) in [4.78, 5) is 14.1. The van der Waals surface area contributed by atoms with E-state index in [0.717, 1.165) is 25.7 Å². The van der Waals surface area contributed by atoms with Gasteiger partial charge in [-0.05, 0) is 25.7 Å². The number of aromatic nitrogens is 3. The number of amides is 1. The Morgan fingerprint density at radius 3 is 2.65 bits per heavy atom. The van der Waals surface area contributed by atoms with Crippen molar-refractivity contribution in [3.05, 3.63) is 12.4 Å². The van der Waals surface area contributed by atoms with Crippen LogP contribution in [0.1, 0.15) is 25.7 Å². The minimum Gasteiger partial charge on any atom is -0.393 e. The summed E-state index contributed by atoms with van der Waals surface area (Å²) >= 11 is 0. The third kappa shape index (κ3) is 1.93. The third-order valence-corrected chi connectivity index (χ3v) is 3.77. The highest BCUT2D eigenvalue weighted by molar-refractivity contribution is 5.77. The van der Waals surface area contributed by atoms with E-state index in [9.17, 15) is 9.90 Å². The Morgan fingerprint density at radius 2 is 2.06 bits per heavy atom. The van der Waals surface area contributed by atoms with Crippen molar-refractivity contribution in [1.29, 1.82) is 0 Å². The van der Waals surface area contributed by atoms with Crippen molar-refractivity contribution in [2.75, 3.05) is 0 Å². The van der Waals surface area contributed by atoms with Gasteiger partial charge in [0.1, 0.15) is 6.54 Å². The molecule has 92 valence electrons. The maximum Gasteiger partial charge on any atom is 0.244 e. The summed E-state index contributed by atoms with van der Waals surface area (Å²) in [6, 6.07) is 0.444. The molecule has 3 rings (SSSR count). The Balaban J connectivity index is 1.70. The molecule has 2 bridgehead atoms. The highest BCUT2D eigenvalue weighted by Crippen LogP contribution is 2.35. The second kappa shape index (κ2) is 4.10. The molecule has 6 nitrogen and oxygen atoms in total. The first-order chi connectivity index (χ1) is 8.24. The quantitative estimate of drug-likeness (QED) is 0.771. The Morgan fingerprint density at radius 1 is 1.35 bits per heavy atom. The maximum absolute atomic E-state index is 12.2. The highest BCUT2D eigenvalue weighted by Gasteiger charge is 2.42. The molecule has 0 spiro atoms. The van der Waals surface area contributed by atoms with E-state index in [1.165, 1.54) is 0 Å². The minimum atomic E-state index is -0.233. The summed E-state index contributed by atoms with van der Waals surface area (Å²) < 4.78 is 1.55. The van der Waals surface area contributed by atoms with Crippen molar-refractivity contribution in [3.8, 4) is 0 Å². The van der Waals surface area contributed by atoms with Crippen molar-refractivity contribution in [1.82, 2.24) is 19.9 Å². The van der Waals surface area contributed by atoms with Gasteiger partial charge in [-0.2, -0.15) is 0 Å². The Kier molecular flexibility index (Phi) is 2.58. The fourth-order valence-corrected chi connectivity index (χ4v) is 3.09. The van der Waals surface area contributed by atoms with Crippen LogP contribution in [-0.2, 0) is 11.3 Å². The summed E-state index contributed by atoms with van der Waals surface area (Å²) in [5.74, 6) is 0.0925. The van der Waals surface area contributed by atoms with E-state index >= 15 is 0 Å². The van der Waals surface area contributed by atoms with Crippen molar-refractivity contribution < 1.29 is 9.90 Å². The maximum atomic E-state index is 12.2. The molecule has 2 fully saturated rings. The van der Waals surface area contributed by atoms with Gasteiger partial charge in [0.2, 0.25) is 5.91 Å². The molecule has 0 aliphatic carbocycles. The van der Waals surface area contributed by atoms with Gasteiger partial charge in [0.05, 0.1) is 12.3 Å². The number of rotatable bonds is 2. The van der Waals surface area contributed by atoms with Gasteiger partial charge in [-0.1, -0.05) is 5.21 Å². The smallest absolute Gasteiger partial charge is 0.244 e. The molecule has 1 amide bonds. The molecule has 2 aliphatic heterocycles.